The van der Waals surface area contributed by atoms with Crippen molar-refractivity contribution in [3.8, 4) is 5.75 Å². The van der Waals surface area contributed by atoms with E-state index < -0.39 is 0 Å². The molecule has 1 aliphatic rings. The van der Waals surface area contributed by atoms with Crippen molar-refractivity contribution in [2.24, 2.45) is 0 Å². The van der Waals surface area contributed by atoms with E-state index in [1.807, 2.05) is 7.05 Å². The van der Waals surface area contributed by atoms with Gasteiger partial charge in [-0.3, -0.25) is 4.90 Å². The summed E-state index contributed by atoms with van der Waals surface area (Å²) in [5, 5.41) is 3.27. The Hall–Kier alpha value is -2.62. The zero-order valence-electron chi connectivity index (χ0n) is 18.5. The molecular formula is C28H34N2O. The van der Waals surface area contributed by atoms with Gasteiger partial charge in [-0.2, -0.15) is 0 Å². The van der Waals surface area contributed by atoms with Gasteiger partial charge in [-0.15, -0.1) is 0 Å². The van der Waals surface area contributed by atoms with Crippen LogP contribution in [0.1, 0.15) is 48.0 Å². The highest BCUT2D eigenvalue weighted by molar-refractivity contribution is 5.37. The van der Waals surface area contributed by atoms with Crippen LogP contribution in [0.5, 0.6) is 5.75 Å². The topological polar surface area (TPSA) is 24.5 Å². The highest BCUT2D eigenvalue weighted by atomic mass is 16.5. The van der Waals surface area contributed by atoms with E-state index in [1.165, 1.54) is 29.5 Å². The first kappa shape index (κ1) is 21.6. The van der Waals surface area contributed by atoms with Crippen LogP contribution in [0, 0.1) is 0 Å². The molecule has 0 bridgehead atoms. The minimum atomic E-state index is 0.0629. The van der Waals surface area contributed by atoms with Crippen molar-refractivity contribution in [1.29, 1.82) is 0 Å². The highest BCUT2D eigenvalue weighted by Crippen LogP contribution is 2.37. The molecule has 4 rings (SSSR count). The number of hydrogen-bond acceptors (Lipinski definition) is 3. The molecule has 1 N–H and O–H groups in total. The number of para-hydroxylation sites is 1. The van der Waals surface area contributed by atoms with Gasteiger partial charge in [0.05, 0.1) is 0 Å². The average Bonchev–Trinajstić information content (AvgIpc) is 2.84. The van der Waals surface area contributed by atoms with Crippen molar-refractivity contribution in [2.45, 2.75) is 37.8 Å². The molecule has 0 amide bonds. The average molecular weight is 415 g/mol. The normalized spacial score (nSPS) is 16.2. The van der Waals surface area contributed by atoms with E-state index in [-0.39, 0.29) is 6.10 Å². The number of rotatable bonds is 9. The number of ether oxygens (including phenoxy) is 1. The van der Waals surface area contributed by atoms with Crippen LogP contribution in [0.4, 0.5) is 0 Å². The molecule has 0 aromatic heterocycles. The molecule has 0 aliphatic carbocycles. The summed E-state index contributed by atoms with van der Waals surface area (Å²) in [4.78, 5) is 2.58. The molecule has 31 heavy (non-hydrogen) atoms. The summed E-state index contributed by atoms with van der Waals surface area (Å²) in [6, 6.07) is 30.1. The molecule has 1 atom stereocenters. The van der Waals surface area contributed by atoms with Crippen molar-refractivity contribution in [1.82, 2.24) is 10.2 Å². The van der Waals surface area contributed by atoms with Gasteiger partial charge >= 0.3 is 0 Å². The van der Waals surface area contributed by atoms with E-state index in [4.69, 9.17) is 4.74 Å². The summed E-state index contributed by atoms with van der Waals surface area (Å²) in [6.07, 6.45) is 3.37. The van der Waals surface area contributed by atoms with Gasteiger partial charge < -0.3 is 10.1 Å². The van der Waals surface area contributed by atoms with Gasteiger partial charge in [-0.1, -0.05) is 78.9 Å². The van der Waals surface area contributed by atoms with Crippen molar-refractivity contribution < 1.29 is 4.74 Å². The van der Waals surface area contributed by atoms with E-state index >= 15 is 0 Å². The predicted octanol–water partition coefficient (Wildman–Crippen LogP) is 5.80. The maximum absolute atomic E-state index is 6.66. The fraction of sp³-hybridized carbons (Fsp3) is 0.357. The van der Waals surface area contributed by atoms with Gasteiger partial charge in [0.2, 0.25) is 0 Å². The third-order valence-corrected chi connectivity index (χ3v) is 6.29. The van der Waals surface area contributed by atoms with E-state index in [9.17, 15) is 0 Å². The molecule has 1 saturated heterocycles. The molecular weight excluding hydrogens is 380 g/mol. The lowest BCUT2D eigenvalue weighted by Gasteiger charge is -2.33. The quantitative estimate of drug-likeness (QED) is 0.479. The Kier molecular flexibility index (Phi) is 7.76. The Bertz CT molecular complexity index is 905. The highest BCUT2D eigenvalue weighted by Gasteiger charge is 2.24. The zero-order chi connectivity index (χ0) is 21.3. The third-order valence-electron chi connectivity index (χ3n) is 6.29. The van der Waals surface area contributed by atoms with Crippen molar-refractivity contribution in [2.75, 3.05) is 26.7 Å². The largest absolute Gasteiger partial charge is 0.485 e. The van der Waals surface area contributed by atoms with Crippen LogP contribution < -0.4 is 10.1 Å². The molecule has 1 unspecified atom stereocenters. The van der Waals surface area contributed by atoms with E-state index in [2.05, 4.69) is 95.1 Å². The summed E-state index contributed by atoms with van der Waals surface area (Å²) in [5.74, 6) is 1.61. The van der Waals surface area contributed by atoms with Gasteiger partial charge in [0.25, 0.3) is 0 Å². The Morgan fingerprint density at radius 3 is 2.23 bits per heavy atom. The number of benzene rings is 3. The molecule has 3 heteroatoms. The molecule has 1 aliphatic heterocycles. The SMILES string of the molecule is CNCCC(Oc1ccccc1C1CCN(Cc2ccccc2)CC1)c1ccccc1. The second kappa shape index (κ2) is 11.1. The standard InChI is InChI=1S/C28H34N2O/c1-29-19-16-27(25-12-6-3-7-13-25)31-28-15-9-8-14-26(28)24-17-20-30(21-18-24)22-23-10-4-2-5-11-23/h2-15,24,27,29H,16-22H2,1H3. The van der Waals surface area contributed by atoms with Crippen molar-refractivity contribution in [3.63, 3.8) is 0 Å². The molecule has 3 aromatic rings. The first-order chi connectivity index (χ1) is 15.3. The summed E-state index contributed by atoms with van der Waals surface area (Å²) in [5.41, 5.74) is 4.01. The van der Waals surface area contributed by atoms with Gasteiger partial charge in [-0.05, 0) is 68.2 Å². The lowest BCUT2D eigenvalue weighted by Crippen LogP contribution is -2.32. The maximum atomic E-state index is 6.66. The predicted molar refractivity (Wildman–Crippen MR) is 128 cm³/mol. The molecule has 1 heterocycles. The number of nitrogens with one attached hydrogen (secondary N) is 1. The van der Waals surface area contributed by atoms with Crippen LogP contribution in [-0.4, -0.2) is 31.6 Å². The second-order valence-corrected chi connectivity index (χ2v) is 8.48. The van der Waals surface area contributed by atoms with E-state index in [0.717, 1.165) is 38.3 Å². The maximum Gasteiger partial charge on any atom is 0.125 e. The smallest absolute Gasteiger partial charge is 0.125 e. The molecule has 3 nitrogen and oxygen atoms in total. The monoisotopic (exact) mass is 414 g/mol. The molecule has 162 valence electrons. The lowest BCUT2D eigenvalue weighted by atomic mass is 9.88. The summed E-state index contributed by atoms with van der Waals surface area (Å²) in [6.45, 7) is 4.25. The Morgan fingerprint density at radius 1 is 0.871 bits per heavy atom. The molecule has 0 saturated carbocycles. The lowest BCUT2D eigenvalue weighted by molar-refractivity contribution is 0.182. The second-order valence-electron chi connectivity index (χ2n) is 8.48. The Balaban J connectivity index is 1.43. The summed E-state index contributed by atoms with van der Waals surface area (Å²) in [7, 11) is 2.00. The molecule has 1 fully saturated rings. The fourth-order valence-electron chi connectivity index (χ4n) is 4.56. The summed E-state index contributed by atoms with van der Waals surface area (Å²) < 4.78 is 6.66. The molecule has 0 spiro atoms. The van der Waals surface area contributed by atoms with Gasteiger partial charge in [0, 0.05) is 13.0 Å². The molecule has 3 aromatic carbocycles. The zero-order valence-corrected chi connectivity index (χ0v) is 18.5. The fourth-order valence-corrected chi connectivity index (χ4v) is 4.56. The number of nitrogens with zero attached hydrogens (tertiary/aromatic N) is 1. The summed E-state index contributed by atoms with van der Waals surface area (Å²) >= 11 is 0. The van der Waals surface area contributed by atoms with E-state index in [0.29, 0.717) is 5.92 Å². The first-order valence-electron chi connectivity index (χ1n) is 11.5. The number of piperidine rings is 1. The first-order valence-corrected chi connectivity index (χ1v) is 11.5. The number of hydrogen-bond donors (Lipinski definition) is 1. The Morgan fingerprint density at radius 2 is 1.52 bits per heavy atom. The van der Waals surface area contributed by atoms with Gasteiger partial charge in [0.15, 0.2) is 0 Å². The molecule has 0 radical (unpaired) electrons. The van der Waals surface area contributed by atoms with Gasteiger partial charge in [0.1, 0.15) is 11.9 Å². The Labute approximate surface area is 187 Å². The van der Waals surface area contributed by atoms with Crippen LogP contribution in [-0.2, 0) is 6.54 Å². The minimum Gasteiger partial charge on any atom is -0.485 e. The third kappa shape index (κ3) is 5.96. The van der Waals surface area contributed by atoms with Crippen molar-refractivity contribution in [3.05, 3.63) is 102 Å². The van der Waals surface area contributed by atoms with Crippen LogP contribution in [0.15, 0.2) is 84.9 Å². The van der Waals surface area contributed by atoms with E-state index in [1.54, 1.807) is 0 Å². The minimum absolute atomic E-state index is 0.0629. The van der Waals surface area contributed by atoms with Gasteiger partial charge in [-0.25, -0.2) is 0 Å². The van der Waals surface area contributed by atoms with Crippen LogP contribution in [0.2, 0.25) is 0 Å². The van der Waals surface area contributed by atoms with Crippen LogP contribution >= 0.6 is 0 Å². The van der Waals surface area contributed by atoms with Crippen LogP contribution in [0.25, 0.3) is 0 Å². The van der Waals surface area contributed by atoms with Crippen LogP contribution in [0.3, 0.4) is 0 Å². The number of likely N-dealkylation sites (tertiary alicyclic amines) is 1. The van der Waals surface area contributed by atoms with Crippen molar-refractivity contribution >= 4 is 0 Å².